The minimum absolute atomic E-state index is 0.0924. The van der Waals surface area contributed by atoms with Crippen LogP contribution in [-0.2, 0) is 10.0 Å². The average Bonchev–Trinajstić information content (AvgIpc) is 2.21. The van der Waals surface area contributed by atoms with E-state index < -0.39 is 10.0 Å². The van der Waals surface area contributed by atoms with Gasteiger partial charge in [0, 0.05) is 11.7 Å². The molecule has 0 amide bonds. The van der Waals surface area contributed by atoms with Gasteiger partial charge in [0.1, 0.15) is 0 Å². The molecule has 0 heterocycles. The molecule has 1 unspecified atom stereocenters. The number of benzene rings is 1. The maximum Gasteiger partial charge on any atom is 0.241 e. The quantitative estimate of drug-likeness (QED) is 0.816. The van der Waals surface area contributed by atoms with Gasteiger partial charge >= 0.3 is 0 Å². The Morgan fingerprint density at radius 3 is 2.32 bits per heavy atom. The SMILES string of the molecule is Cc1ccc(N)c(C)c1S(=O)(=O)NC(C)CC(C)C. The van der Waals surface area contributed by atoms with Crippen LogP contribution in [0.2, 0.25) is 0 Å². The van der Waals surface area contributed by atoms with E-state index in [1.54, 1.807) is 26.0 Å². The number of hydrogen-bond donors (Lipinski definition) is 2. The summed E-state index contributed by atoms with van der Waals surface area (Å²) in [7, 11) is -3.52. The Bertz CT molecular complexity index is 551. The van der Waals surface area contributed by atoms with E-state index in [0.717, 1.165) is 12.0 Å². The molecule has 0 aliphatic carbocycles. The Morgan fingerprint density at radius 2 is 1.79 bits per heavy atom. The first-order valence-electron chi connectivity index (χ1n) is 6.53. The van der Waals surface area contributed by atoms with E-state index in [1.165, 1.54) is 0 Å². The standard InChI is InChI=1S/C14H24N2O2S/c1-9(2)8-11(4)16-19(17,18)14-10(3)6-7-13(15)12(14)5/h6-7,9,11,16H,8,15H2,1-5H3. The average molecular weight is 284 g/mol. The van der Waals surface area contributed by atoms with Crippen LogP contribution in [0.4, 0.5) is 5.69 Å². The van der Waals surface area contributed by atoms with Crippen LogP contribution in [0.25, 0.3) is 0 Å². The fourth-order valence-electron chi connectivity index (χ4n) is 2.33. The summed E-state index contributed by atoms with van der Waals surface area (Å²) in [6.07, 6.45) is 0.805. The minimum Gasteiger partial charge on any atom is -0.398 e. The second-order valence-electron chi connectivity index (χ2n) is 5.58. The zero-order valence-corrected chi connectivity index (χ0v) is 13.1. The smallest absolute Gasteiger partial charge is 0.241 e. The third-order valence-electron chi connectivity index (χ3n) is 3.09. The van der Waals surface area contributed by atoms with Crippen molar-refractivity contribution in [2.45, 2.75) is 52.0 Å². The molecule has 1 aromatic rings. The van der Waals surface area contributed by atoms with Gasteiger partial charge in [-0.3, -0.25) is 0 Å². The van der Waals surface area contributed by atoms with Crippen molar-refractivity contribution in [3.63, 3.8) is 0 Å². The van der Waals surface area contributed by atoms with Crippen LogP contribution in [0, 0.1) is 19.8 Å². The molecule has 108 valence electrons. The Kier molecular flexibility index (Phi) is 4.98. The molecule has 0 aliphatic rings. The first kappa shape index (κ1) is 16.0. The normalized spacial score (nSPS) is 13.8. The summed E-state index contributed by atoms with van der Waals surface area (Å²) < 4.78 is 27.6. The van der Waals surface area contributed by atoms with Gasteiger partial charge in [-0.2, -0.15) is 0 Å². The number of hydrogen-bond acceptors (Lipinski definition) is 3. The second kappa shape index (κ2) is 5.92. The Labute approximate surface area is 116 Å². The van der Waals surface area contributed by atoms with E-state index in [4.69, 9.17) is 5.73 Å². The van der Waals surface area contributed by atoms with Crippen LogP contribution in [0.5, 0.6) is 0 Å². The van der Waals surface area contributed by atoms with Crippen molar-refractivity contribution in [3.05, 3.63) is 23.3 Å². The highest BCUT2D eigenvalue weighted by Crippen LogP contribution is 2.25. The summed E-state index contributed by atoms with van der Waals surface area (Å²) in [6, 6.07) is 3.39. The number of nitrogens with two attached hydrogens (primary N) is 1. The first-order valence-corrected chi connectivity index (χ1v) is 8.01. The lowest BCUT2D eigenvalue weighted by molar-refractivity contribution is 0.482. The van der Waals surface area contributed by atoms with E-state index in [0.29, 0.717) is 22.1 Å². The van der Waals surface area contributed by atoms with Gasteiger partial charge in [-0.25, -0.2) is 13.1 Å². The monoisotopic (exact) mass is 284 g/mol. The van der Waals surface area contributed by atoms with Crippen LogP contribution in [0.15, 0.2) is 17.0 Å². The highest BCUT2D eigenvalue weighted by atomic mass is 32.2. The van der Waals surface area contributed by atoms with E-state index in [-0.39, 0.29) is 6.04 Å². The van der Waals surface area contributed by atoms with Crippen LogP contribution in [0.3, 0.4) is 0 Å². The van der Waals surface area contributed by atoms with Gasteiger partial charge in [0.15, 0.2) is 0 Å². The van der Waals surface area contributed by atoms with Gasteiger partial charge < -0.3 is 5.73 Å². The molecule has 1 atom stereocenters. The Hall–Kier alpha value is -1.07. The van der Waals surface area contributed by atoms with Gasteiger partial charge in [-0.05, 0) is 50.3 Å². The van der Waals surface area contributed by atoms with Crippen LogP contribution in [0.1, 0.15) is 38.3 Å². The fraction of sp³-hybridized carbons (Fsp3) is 0.571. The third kappa shape index (κ3) is 3.94. The van der Waals surface area contributed by atoms with E-state index in [1.807, 2.05) is 6.92 Å². The number of nitrogens with one attached hydrogen (secondary N) is 1. The molecule has 0 saturated heterocycles. The number of rotatable bonds is 5. The Morgan fingerprint density at radius 1 is 1.21 bits per heavy atom. The van der Waals surface area contributed by atoms with Gasteiger partial charge in [0.25, 0.3) is 0 Å². The van der Waals surface area contributed by atoms with Crippen LogP contribution >= 0.6 is 0 Å². The topological polar surface area (TPSA) is 72.2 Å². The zero-order valence-electron chi connectivity index (χ0n) is 12.3. The molecule has 0 spiro atoms. The van der Waals surface area contributed by atoms with E-state index >= 15 is 0 Å². The van der Waals surface area contributed by atoms with Crippen molar-refractivity contribution < 1.29 is 8.42 Å². The van der Waals surface area contributed by atoms with Gasteiger partial charge in [0.2, 0.25) is 10.0 Å². The molecule has 1 rings (SSSR count). The summed E-state index contributed by atoms with van der Waals surface area (Å²) in [5, 5.41) is 0. The van der Waals surface area contributed by atoms with Gasteiger partial charge in [-0.1, -0.05) is 19.9 Å². The molecule has 0 aromatic heterocycles. The summed E-state index contributed by atoms with van der Waals surface area (Å²) in [5.74, 6) is 0.445. The lowest BCUT2D eigenvalue weighted by atomic mass is 10.1. The maximum absolute atomic E-state index is 12.5. The molecular formula is C14H24N2O2S. The zero-order chi connectivity index (χ0) is 14.8. The molecule has 5 heteroatoms. The molecule has 1 aromatic carbocycles. The lowest BCUT2D eigenvalue weighted by Gasteiger charge is -2.19. The molecule has 19 heavy (non-hydrogen) atoms. The molecule has 0 aliphatic heterocycles. The summed E-state index contributed by atoms with van der Waals surface area (Å²) in [5.41, 5.74) is 7.64. The molecule has 0 fully saturated rings. The maximum atomic E-state index is 12.5. The number of sulfonamides is 1. The van der Waals surface area contributed by atoms with Gasteiger partial charge in [0.05, 0.1) is 4.90 Å². The Balaban J connectivity index is 3.11. The van der Waals surface area contributed by atoms with Crippen LogP contribution in [-0.4, -0.2) is 14.5 Å². The molecular weight excluding hydrogens is 260 g/mol. The third-order valence-corrected chi connectivity index (χ3v) is 4.97. The molecule has 4 nitrogen and oxygen atoms in total. The predicted octanol–water partition coefficient (Wildman–Crippen LogP) is 2.60. The van der Waals surface area contributed by atoms with E-state index in [2.05, 4.69) is 18.6 Å². The number of anilines is 1. The summed E-state index contributed by atoms with van der Waals surface area (Å²) in [6.45, 7) is 9.55. The second-order valence-corrected chi connectivity index (χ2v) is 7.23. The van der Waals surface area contributed by atoms with Crippen molar-refractivity contribution >= 4 is 15.7 Å². The minimum atomic E-state index is -3.52. The van der Waals surface area contributed by atoms with Crippen molar-refractivity contribution in [2.75, 3.05) is 5.73 Å². The summed E-state index contributed by atoms with van der Waals surface area (Å²) >= 11 is 0. The lowest BCUT2D eigenvalue weighted by Crippen LogP contribution is -2.34. The number of nitrogen functional groups attached to an aromatic ring is 1. The molecule has 0 bridgehead atoms. The van der Waals surface area contributed by atoms with Crippen molar-refractivity contribution in [1.82, 2.24) is 4.72 Å². The first-order chi connectivity index (χ1) is 8.65. The summed E-state index contributed by atoms with van der Waals surface area (Å²) in [4.78, 5) is 0.308. The fourth-order valence-corrected chi connectivity index (χ4v) is 4.09. The molecule has 0 saturated carbocycles. The largest absolute Gasteiger partial charge is 0.398 e. The van der Waals surface area contributed by atoms with Gasteiger partial charge in [-0.15, -0.1) is 0 Å². The van der Waals surface area contributed by atoms with Crippen LogP contribution < -0.4 is 10.5 Å². The van der Waals surface area contributed by atoms with Crippen molar-refractivity contribution in [3.8, 4) is 0 Å². The van der Waals surface area contributed by atoms with E-state index in [9.17, 15) is 8.42 Å². The highest BCUT2D eigenvalue weighted by Gasteiger charge is 2.23. The van der Waals surface area contributed by atoms with Crippen molar-refractivity contribution in [2.24, 2.45) is 5.92 Å². The highest BCUT2D eigenvalue weighted by molar-refractivity contribution is 7.89. The molecule has 0 radical (unpaired) electrons. The van der Waals surface area contributed by atoms with Crippen molar-refractivity contribution in [1.29, 1.82) is 0 Å². The molecule has 3 N–H and O–H groups in total. The number of aryl methyl sites for hydroxylation is 1. The predicted molar refractivity (Wildman–Crippen MR) is 79.6 cm³/mol.